The molecule has 0 saturated heterocycles. The Morgan fingerprint density at radius 3 is 2.76 bits per heavy atom. The van der Waals surface area contributed by atoms with Crippen molar-refractivity contribution in [3.8, 4) is 11.3 Å². The van der Waals surface area contributed by atoms with Gasteiger partial charge in [-0.25, -0.2) is 4.39 Å². The highest BCUT2D eigenvalue weighted by Gasteiger charge is 2.15. The fourth-order valence-electron chi connectivity index (χ4n) is 1.39. The Labute approximate surface area is 101 Å². The molecule has 0 amide bonds. The molecule has 0 spiro atoms. The van der Waals surface area contributed by atoms with Crippen molar-refractivity contribution in [1.29, 1.82) is 0 Å². The molecule has 0 aromatic carbocycles. The first-order valence-electron chi connectivity index (χ1n) is 4.80. The number of anilines is 1. The van der Waals surface area contributed by atoms with Gasteiger partial charge >= 0.3 is 0 Å². The van der Waals surface area contributed by atoms with Gasteiger partial charge in [0, 0.05) is 17.5 Å². The van der Waals surface area contributed by atoms with Gasteiger partial charge in [-0.15, -0.1) is 0 Å². The van der Waals surface area contributed by atoms with Crippen molar-refractivity contribution in [2.75, 3.05) is 5.73 Å². The molecular formula is C11H9ClFN3O. The smallest absolute Gasteiger partial charge is 0.269 e. The van der Waals surface area contributed by atoms with E-state index in [1.807, 2.05) is 0 Å². The third kappa shape index (κ3) is 2.01. The Balaban J connectivity index is 2.68. The maximum Gasteiger partial charge on any atom is 0.269 e. The van der Waals surface area contributed by atoms with Crippen molar-refractivity contribution in [2.45, 2.75) is 6.92 Å². The zero-order chi connectivity index (χ0) is 12.6. The first-order chi connectivity index (χ1) is 8.00. The molecule has 0 aliphatic rings. The summed E-state index contributed by atoms with van der Waals surface area (Å²) in [5.74, 6) is -0.750. The van der Waals surface area contributed by atoms with E-state index in [9.17, 15) is 9.18 Å². The minimum Gasteiger partial charge on any atom is -0.395 e. The van der Waals surface area contributed by atoms with E-state index in [2.05, 4.69) is 9.97 Å². The van der Waals surface area contributed by atoms with Gasteiger partial charge in [-0.1, -0.05) is 11.6 Å². The van der Waals surface area contributed by atoms with Crippen molar-refractivity contribution in [2.24, 2.45) is 0 Å². The molecule has 17 heavy (non-hydrogen) atoms. The second-order valence-electron chi connectivity index (χ2n) is 3.56. The van der Waals surface area contributed by atoms with E-state index in [0.29, 0.717) is 5.56 Å². The molecule has 2 heterocycles. The molecule has 3 N–H and O–H groups in total. The summed E-state index contributed by atoms with van der Waals surface area (Å²) in [5.41, 5.74) is 5.64. The molecule has 0 fully saturated rings. The van der Waals surface area contributed by atoms with Crippen molar-refractivity contribution in [1.82, 2.24) is 9.97 Å². The number of halogens is 2. The summed E-state index contributed by atoms with van der Waals surface area (Å²) in [5, 5.41) is -0.341. The topological polar surface area (TPSA) is 71.8 Å². The predicted octanol–water partition coefficient (Wildman–Crippen LogP) is 2.12. The Hall–Kier alpha value is -1.88. The van der Waals surface area contributed by atoms with Gasteiger partial charge in [-0.05, 0) is 19.1 Å². The number of nitrogens with one attached hydrogen (secondary N) is 1. The summed E-state index contributed by atoms with van der Waals surface area (Å²) >= 11 is 5.54. The van der Waals surface area contributed by atoms with E-state index in [1.54, 1.807) is 19.1 Å². The summed E-state index contributed by atoms with van der Waals surface area (Å²) in [7, 11) is 0. The summed E-state index contributed by atoms with van der Waals surface area (Å²) in [6.45, 7) is 1.80. The van der Waals surface area contributed by atoms with Gasteiger partial charge < -0.3 is 10.7 Å². The molecule has 0 aliphatic carbocycles. The minimum atomic E-state index is -0.750. The minimum absolute atomic E-state index is 0.00981. The van der Waals surface area contributed by atoms with E-state index in [1.165, 1.54) is 6.20 Å². The lowest BCUT2D eigenvalue weighted by atomic mass is 10.1. The first-order valence-corrected chi connectivity index (χ1v) is 5.18. The first kappa shape index (κ1) is 11.6. The van der Waals surface area contributed by atoms with Crippen molar-refractivity contribution in [3.05, 3.63) is 45.2 Å². The van der Waals surface area contributed by atoms with E-state index in [4.69, 9.17) is 17.3 Å². The zero-order valence-electron chi connectivity index (χ0n) is 8.92. The number of H-pyrrole nitrogens is 1. The number of hydrogen-bond acceptors (Lipinski definition) is 3. The largest absolute Gasteiger partial charge is 0.395 e. The molecule has 0 aliphatic heterocycles. The molecular weight excluding hydrogens is 245 g/mol. The van der Waals surface area contributed by atoms with Crippen LogP contribution >= 0.6 is 11.6 Å². The second-order valence-corrected chi connectivity index (χ2v) is 3.94. The number of pyridine rings is 2. The number of nitrogens with zero attached hydrogens (tertiary/aromatic N) is 1. The highest BCUT2D eigenvalue weighted by molar-refractivity contribution is 6.32. The molecule has 2 aromatic rings. The van der Waals surface area contributed by atoms with Crippen LogP contribution in [0.4, 0.5) is 10.1 Å². The number of aryl methyl sites for hydroxylation is 1. The molecule has 0 saturated carbocycles. The van der Waals surface area contributed by atoms with Crippen molar-refractivity contribution < 1.29 is 4.39 Å². The Kier molecular flexibility index (Phi) is 2.85. The van der Waals surface area contributed by atoms with Gasteiger partial charge in [-0.2, -0.15) is 0 Å². The van der Waals surface area contributed by atoms with Crippen LogP contribution in [-0.4, -0.2) is 9.97 Å². The molecule has 0 atom stereocenters. The highest BCUT2D eigenvalue weighted by atomic mass is 35.5. The van der Waals surface area contributed by atoms with Crippen molar-refractivity contribution in [3.63, 3.8) is 0 Å². The Bertz CT molecular complexity index is 622. The molecule has 2 rings (SSSR count). The lowest BCUT2D eigenvalue weighted by Gasteiger charge is -2.06. The summed E-state index contributed by atoms with van der Waals surface area (Å²) < 4.78 is 13.8. The molecule has 6 heteroatoms. The van der Waals surface area contributed by atoms with Crippen LogP contribution in [0.5, 0.6) is 0 Å². The maximum absolute atomic E-state index is 13.8. The van der Waals surface area contributed by atoms with Crippen LogP contribution in [0.25, 0.3) is 11.3 Å². The van der Waals surface area contributed by atoms with Gasteiger partial charge in [0.15, 0.2) is 5.82 Å². The normalized spacial score (nSPS) is 10.5. The third-order valence-electron chi connectivity index (χ3n) is 2.33. The monoisotopic (exact) mass is 253 g/mol. The summed E-state index contributed by atoms with van der Waals surface area (Å²) in [6, 6.07) is 3.35. The van der Waals surface area contributed by atoms with Gasteiger partial charge in [-0.3, -0.25) is 9.78 Å². The summed E-state index contributed by atoms with van der Waals surface area (Å²) in [4.78, 5) is 17.8. The van der Waals surface area contributed by atoms with Crippen LogP contribution in [0.1, 0.15) is 5.69 Å². The fourth-order valence-corrected chi connectivity index (χ4v) is 1.52. The van der Waals surface area contributed by atoms with Crippen molar-refractivity contribution >= 4 is 17.3 Å². The van der Waals surface area contributed by atoms with Gasteiger partial charge in [0.1, 0.15) is 5.02 Å². The van der Waals surface area contributed by atoms with Crippen LogP contribution in [0.3, 0.4) is 0 Å². The second kappa shape index (κ2) is 4.18. The highest BCUT2D eigenvalue weighted by Crippen LogP contribution is 2.26. The molecule has 0 unspecified atom stereocenters. The Morgan fingerprint density at radius 2 is 2.18 bits per heavy atom. The molecule has 88 valence electrons. The quantitative estimate of drug-likeness (QED) is 0.818. The average Bonchev–Trinajstić information content (AvgIpc) is 2.32. The molecule has 0 bridgehead atoms. The van der Waals surface area contributed by atoms with Gasteiger partial charge in [0.05, 0.1) is 11.4 Å². The van der Waals surface area contributed by atoms with E-state index >= 15 is 0 Å². The van der Waals surface area contributed by atoms with Gasteiger partial charge in [0.2, 0.25) is 0 Å². The number of rotatable bonds is 1. The molecule has 4 nitrogen and oxygen atoms in total. The lowest BCUT2D eigenvalue weighted by molar-refractivity contribution is 0.629. The maximum atomic E-state index is 13.8. The zero-order valence-corrected chi connectivity index (χ0v) is 9.68. The predicted molar refractivity (Wildman–Crippen MR) is 64.4 cm³/mol. The molecule has 0 radical (unpaired) electrons. The Morgan fingerprint density at radius 1 is 1.47 bits per heavy atom. The van der Waals surface area contributed by atoms with E-state index in [0.717, 1.165) is 5.69 Å². The number of nitrogen functional groups attached to an aromatic ring is 1. The number of aromatic nitrogens is 2. The van der Waals surface area contributed by atoms with Crippen LogP contribution in [-0.2, 0) is 0 Å². The van der Waals surface area contributed by atoms with Crippen LogP contribution in [0.15, 0.2) is 23.1 Å². The van der Waals surface area contributed by atoms with E-state index in [-0.39, 0.29) is 16.4 Å². The van der Waals surface area contributed by atoms with Crippen LogP contribution < -0.4 is 11.3 Å². The van der Waals surface area contributed by atoms with Crippen LogP contribution in [0.2, 0.25) is 5.02 Å². The van der Waals surface area contributed by atoms with E-state index < -0.39 is 11.4 Å². The average molecular weight is 254 g/mol. The number of aromatic amines is 1. The summed E-state index contributed by atoms with van der Waals surface area (Å²) in [6.07, 6.45) is 1.46. The van der Waals surface area contributed by atoms with Gasteiger partial charge in [0.25, 0.3) is 5.56 Å². The van der Waals surface area contributed by atoms with Crippen LogP contribution in [0, 0.1) is 12.7 Å². The number of hydrogen-bond donors (Lipinski definition) is 2. The SMILES string of the molecule is Cc1ccc(-c2[nH]c(=O)c(Cl)c(N)c2F)cn1. The standard InChI is InChI=1S/C11H9ClFN3O/c1-5-2-3-6(4-15-5)10-8(13)9(14)7(12)11(17)16-10/h2-4H,1H3,(H3,14,16,17). The third-order valence-corrected chi connectivity index (χ3v) is 2.71. The molecule has 2 aromatic heterocycles. The lowest BCUT2D eigenvalue weighted by Crippen LogP contribution is -2.13. The fraction of sp³-hybridized carbons (Fsp3) is 0.0909. The number of nitrogens with two attached hydrogens (primary N) is 1.